The second-order valence-corrected chi connectivity index (χ2v) is 6.45. The van der Waals surface area contributed by atoms with E-state index in [-0.39, 0.29) is 11.7 Å². The van der Waals surface area contributed by atoms with Crippen molar-refractivity contribution in [3.05, 3.63) is 72.1 Å². The topological polar surface area (TPSA) is 59.5 Å². The minimum atomic E-state index is -0.370. The summed E-state index contributed by atoms with van der Waals surface area (Å²) in [7, 11) is 0. The lowest BCUT2D eigenvalue weighted by Crippen LogP contribution is -2.16. The summed E-state index contributed by atoms with van der Waals surface area (Å²) in [5, 5.41) is 6.10. The molecule has 0 bridgehead atoms. The van der Waals surface area contributed by atoms with E-state index in [0.29, 0.717) is 11.6 Å². The fraction of sp³-hybridized carbons (Fsp3) is 0.143. The number of hydrazone groups is 1. The first-order valence-corrected chi connectivity index (χ1v) is 8.55. The third-order valence-electron chi connectivity index (χ3n) is 4.35. The van der Waals surface area contributed by atoms with Gasteiger partial charge in [-0.3, -0.25) is 4.79 Å². The van der Waals surface area contributed by atoms with Crippen molar-refractivity contribution in [2.45, 2.75) is 19.9 Å². The monoisotopic (exact) mass is 345 g/mol. The Kier molecular flexibility index (Phi) is 4.05. The van der Waals surface area contributed by atoms with E-state index in [1.165, 1.54) is 0 Å². The first kappa shape index (κ1) is 16.1. The Hall–Kier alpha value is -3.34. The van der Waals surface area contributed by atoms with Gasteiger partial charge in [0.05, 0.1) is 6.21 Å². The average Bonchev–Trinajstić information content (AvgIpc) is 3.23. The Morgan fingerprint density at radius 3 is 2.73 bits per heavy atom. The second kappa shape index (κ2) is 6.52. The molecule has 0 saturated heterocycles. The molecule has 4 rings (SSSR count). The third-order valence-corrected chi connectivity index (χ3v) is 4.35. The van der Waals surface area contributed by atoms with Gasteiger partial charge in [-0.15, -0.1) is 0 Å². The van der Waals surface area contributed by atoms with Crippen LogP contribution in [0.25, 0.3) is 21.9 Å². The number of fused-ring (bicyclic) bond motifs is 2. The molecule has 0 spiro atoms. The van der Waals surface area contributed by atoms with Crippen molar-refractivity contribution in [1.29, 1.82) is 0 Å². The molecule has 26 heavy (non-hydrogen) atoms. The van der Waals surface area contributed by atoms with Gasteiger partial charge in [-0.05, 0) is 32.0 Å². The van der Waals surface area contributed by atoms with Crippen molar-refractivity contribution >= 4 is 34.0 Å². The van der Waals surface area contributed by atoms with Gasteiger partial charge in [-0.2, -0.15) is 5.10 Å². The van der Waals surface area contributed by atoms with Crippen molar-refractivity contribution < 1.29 is 9.21 Å². The number of aromatic nitrogens is 1. The van der Waals surface area contributed by atoms with Crippen molar-refractivity contribution in [3.8, 4) is 0 Å². The van der Waals surface area contributed by atoms with E-state index in [1.54, 1.807) is 12.3 Å². The van der Waals surface area contributed by atoms with Crippen LogP contribution in [0.1, 0.15) is 36.0 Å². The molecule has 2 heterocycles. The molecule has 4 aromatic rings. The number of nitrogens with one attached hydrogen (secondary N) is 1. The summed E-state index contributed by atoms with van der Waals surface area (Å²) in [5.74, 6) is -0.127. The summed E-state index contributed by atoms with van der Waals surface area (Å²) in [6.07, 6.45) is 3.72. The van der Waals surface area contributed by atoms with E-state index >= 15 is 0 Å². The van der Waals surface area contributed by atoms with Gasteiger partial charge in [0.25, 0.3) is 0 Å². The highest BCUT2D eigenvalue weighted by atomic mass is 16.3. The van der Waals surface area contributed by atoms with E-state index in [4.69, 9.17) is 4.42 Å². The van der Waals surface area contributed by atoms with Crippen LogP contribution in [0.2, 0.25) is 0 Å². The van der Waals surface area contributed by atoms with Gasteiger partial charge in [0.1, 0.15) is 5.58 Å². The number of furan rings is 1. The first-order valence-electron chi connectivity index (χ1n) is 8.55. The van der Waals surface area contributed by atoms with E-state index in [0.717, 1.165) is 21.9 Å². The molecule has 0 fully saturated rings. The zero-order chi connectivity index (χ0) is 18.1. The standard InChI is InChI=1S/C21H19N3O2/c1-14(2)24-13-16(17-8-4-5-9-18(17)24)12-22-23-21(25)20-11-15-7-3-6-10-19(15)26-20/h3-14H,1-2H3,(H,23,25)/b22-12+. The van der Waals surface area contributed by atoms with Gasteiger partial charge in [-0.1, -0.05) is 36.4 Å². The van der Waals surface area contributed by atoms with Crippen LogP contribution in [-0.4, -0.2) is 16.7 Å². The molecule has 2 aromatic carbocycles. The van der Waals surface area contributed by atoms with E-state index in [1.807, 2.05) is 42.6 Å². The lowest BCUT2D eigenvalue weighted by Gasteiger charge is -2.08. The molecule has 130 valence electrons. The Morgan fingerprint density at radius 1 is 1.15 bits per heavy atom. The van der Waals surface area contributed by atoms with Gasteiger partial charge in [0.2, 0.25) is 0 Å². The molecule has 0 aliphatic rings. The SMILES string of the molecule is CC(C)n1cc(/C=N/NC(=O)c2cc3ccccc3o2)c2ccccc21. The minimum Gasteiger partial charge on any atom is -0.451 e. The lowest BCUT2D eigenvalue weighted by molar-refractivity contribution is 0.0929. The molecule has 0 atom stereocenters. The van der Waals surface area contributed by atoms with Crippen LogP contribution in [0.4, 0.5) is 0 Å². The number of carbonyl (C=O) groups excluding carboxylic acids is 1. The molecule has 5 heteroatoms. The number of para-hydroxylation sites is 2. The fourth-order valence-electron chi connectivity index (χ4n) is 3.07. The summed E-state index contributed by atoms with van der Waals surface area (Å²) < 4.78 is 7.74. The maximum atomic E-state index is 12.3. The molecule has 0 aliphatic heterocycles. The molecule has 1 N–H and O–H groups in total. The van der Waals surface area contributed by atoms with Crippen LogP contribution in [0.5, 0.6) is 0 Å². The maximum absolute atomic E-state index is 12.3. The average molecular weight is 345 g/mol. The van der Waals surface area contributed by atoms with Crippen LogP contribution in [0.3, 0.4) is 0 Å². The second-order valence-electron chi connectivity index (χ2n) is 6.45. The molecular formula is C21H19N3O2. The summed E-state index contributed by atoms with van der Waals surface area (Å²) in [5.41, 5.74) is 5.32. The number of rotatable bonds is 4. The van der Waals surface area contributed by atoms with Crippen molar-refractivity contribution in [1.82, 2.24) is 9.99 Å². The van der Waals surface area contributed by atoms with E-state index in [2.05, 4.69) is 41.1 Å². The number of hydrogen-bond acceptors (Lipinski definition) is 3. The largest absolute Gasteiger partial charge is 0.451 e. The number of hydrogen-bond donors (Lipinski definition) is 1. The van der Waals surface area contributed by atoms with Gasteiger partial charge in [-0.25, -0.2) is 5.43 Å². The quantitative estimate of drug-likeness (QED) is 0.429. The number of benzene rings is 2. The van der Waals surface area contributed by atoms with Crippen molar-refractivity contribution in [2.24, 2.45) is 5.10 Å². The normalized spacial score (nSPS) is 11.8. The third kappa shape index (κ3) is 2.88. The van der Waals surface area contributed by atoms with Crippen LogP contribution in [0, 0.1) is 0 Å². The number of amides is 1. The van der Waals surface area contributed by atoms with Crippen LogP contribution >= 0.6 is 0 Å². The molecule has 2 aromatic heterocycles. The highest BCUT2D eigenvalue weighted by Gasteiger charge is 2.12. The summed E-state index contributed by atoms with van der Waals surface area (Å²) in [6.45, 7) is 4.27. The Morgan fingerprint density at radius 2 is 1.92 bits per heavy atom. The Balaban J connectivity index is 1.57. The van der Waals surface area contributed by atoms with Crippen LogP contribution in [0.15, 0.2) is 70.3 Å². The van der Waals surface area contributed by atoms with Gasteiger partial charge < -0.3 is 8.98 Å². The van der Waals surface area contributed by atoms with Gasteiger partial charge in [0.15, 0.2) is 5.76 Å². The van der Waals surface area contributed by atoms with E-state index in [9.17, 15) is 4.79 Å². The molecule has 1 amide bonds. The van der Waals surface area contributed by atoms with Crippen LogP contribution < -0.4 is 5.43 Å². The maximum Gasteiger partial charge on any atom is 0.307 e. The molecule has 0 unspecified atom stereocenters. The van der Waals surface area contributed by atoms with Crippen molar-refractivity contribution in [2.75, 3.05) is 0 Å². The predicted molar refractivity (Wildman–Crippen MR) is 104 cm³/mol. The first-order chi connectivity index (χ1) is 12.6. The molecule has 0 aliphatic carbocycles. The predicted octanol–water partition coefficient (Wildman–Crippen LogP) is 4.73. The smallest absolute Gasteiger partial charge is 0.307 e. The lowest BCUT2D eigenvalue weighted by atomic mass is 10.2. The fourth-order valence-corrected chi connectivity index (χ4v) is 3.07. The number of carbonyl (C=O) groups is 1. The summed E-state index contributed by atoms with van der Waals surface area (Å²) in [6, 6.07) is 17.7. The highest BCUT2D eigenvalue weighted by molar-refractivity contribution is 6.01. The summed E-state index contributed by atoms with van der Waals surface area (Å²) in [4.78, 5) is 12.3. The summed E-state index contributed by atoms with van der Waals surface area (Å²) >= 11 is 0. The van der Waals surface area contributed by atoms with Crippen molar-refractivity contribution in [3.63, 3.8) is 0 Å². The minimum absolute atomic E-state index is 0.243. The Labute approximate surface area is 150 Å². The number of nitrogens with zero attached hydrogens (tertiary/aromatic N) is 2. The zero-order valence-corrected chi connectivity index (χ0v) is 14.6. The molecular weight excluding hydrogens is 326 g/mol. The van der Waals surface area contributed by atoms with Gasteiger partial charge >= 0.3 is 5.91 Å². The molecule has 0 saturated carbocycles. The zero-order valence-electron chi connectivity index (χ0n) is 14.6. The molecule has 5 nitrogen and oxygen atoms in total. The van der Waals surface area contributed by atoms with Crippen LogP contribution in [-0.2, 0) is 0 Å². The van der Waals surface area contributed by atoms with E-state index < -0.39 is 0 Å². The van der Waals surface area contributed by atoms with Gasteiger partial charge in [0, 0.05) is 34.1 Å². The highest BCUT2D eigenvalue weighted by Crippen LogP contribution is 2.23. The Bertz CT molecular complexity index is 1090. The molecule has 0 radical (unpaired) electrons.